The lowest BCUT2D eigenvalue weighted by atomic mass is 10.1. The number of hydrogen-bond donors (Lipinski definition) is 1. The zero-order valence-electron chi connectivity index (χ0n) is 21.7. The molecule has 8 nitrogen and oxygen atoms in total. The van der Waals surface area contributed by atoms with Crippen molar-refractivity contribution in [1.29, 1.82) is 0 Å². The highest BCUT2D eigenvalue weighted by atomic mass is 35.5. The van der Waals surface area contributed by atoms with E-state index in [1.807, 2.05) is 45.0 Å². The average molecular weight is 538 g/mol. The molecule has 0 aliphatic rings. The van der Waals surface area contributed by atoms with E-state index in [0.29, 0.717) is 11.4 Å². The van der Waals surface area contributed by atoms with E-state index in [1.165, 1.54) is 17.5 Å². The van der Waals surface area contributed by atoms with Crippen LogP contribution >= 0.6 is 11.6 Å². The lowest BCUT2D eigenvalue weighted by Gasteiger charge is -2.30. The van der Waals surface area contributed by atoms with E-state index < -0.39 is 16.1 Å². The molecule has 0 saturated heterocycles. The summed E-state index contributed by atoms with van der Waals surface area (Å²) in [4.78, 5) is 27.6. The third kappa shape index (κ3) is 8.41. The van der Waals surface area contributed by atoms with Crippen molar-refractivity contribution in [2.75, 3.05) is 24.2 Å². The number of methoxy groups -OCH3 is 1. The summed E-state index contributed by atoms with van der Waals surface area (Å²) in [5, 5.41) is 3.15. The number of aryl methyl sites for hydroxylation is 1. The molecule has 0 fully saturated rings. The maximum atomic E-state index is 13.3. The zero-order valence-corrected chi connectivity index (χ0v) is 23.3. The molecule has 0 spiro atoms. The summed E-state index contributed by atoms with van der Waals surface area (Å²) < 4.78 is 31.3. The lowest BCUT2D eigenvalue weighted by Crippen LogP contribution is -2.49. The molecule has 0 aromatic heterocycles. The molecule has 0 unspecified atom stereocenters. The number of rotatable bonds is 12. The Hall–Kier alpha value is -2.78. The van der Waals surface area contributed by atoms with Gasteiger partial charge >= 0.3 is 0 Å². The van der Waals surface area contributed by atoms with Crippen molar-refractivity contribution in [3.05, 3.63) is 58.6 Å². The van der Waals surface area contributed by atoms with Gasteiger partial charge in [0.05, 0.1) is 24.1 Å². The molecule has 2 aromatic rings. The molecular weight excluding hydrogens is 502 g/mol. The highest BCUT2D eigenvalue weighted by Gasteiger charge is 2.27. The van der Waals surface area contributed by atoms with Gasteiger partial charge in [0, 0.05) is 25.6 Å². The molecule has 1 N–H and O–H groups in total. The molecule has 0 aliphatic carbocycles. The summed E-state index contributed by atoms with van der Waals surface area (Å²) in [7, 11) is -2.15. The van der Waals surface area contributed by atoms with E-state index in [4.69, 9.17) is 16.3 Å². The number of benzene rings is 2. The minimum atomic E-state index is -3.62. The van der Waals surface area contributed by atoms with Gasteiger partial charge in [-0.2, -0.15) is 0 Å². The Labute approximate surface area is 219 Å². The van der Waals surface area contributed by atoms with Gasteiger partial charge in [0.15, 0.2) is 0 Å². The molecule has 198 valence electrons. The number of halogens is 1. The van der Waals surface area contributed by atoms with Crippen LogP contribution in [0.4, 0.5) is 5.69 Å². The topological polar surface area (TPSA) is 96.0 Å². The molecule has 0 bridgehead atoms. The van der Waals surface area contributed by atoms with Gasteiger partial charge in [-0.15, -0.1) is 0 Å². The van der Waals surface area contributed by atoms with Gasteiger partial charge in [0.1, 0.15) is 11.8 Å². The number of nitrogens with one attached hydrogen (secondary N) is 1. The molecule has 0 heterocycles. The fourth-order valence-electron chi connectivity index (χ4n) is 3.81. The van der Waals surface area contributed by atoms with Crippen LogP contribution in [0.15, 0.2) is 42.5 Å². The van der Waals surface area contributed by atoms with Crippen molar-refractivity contribution < 1.29 is 22.7 Å². The molecule has 2 rings (SSSR count). The van der Waals surface area contributed by atoms with E-state index in [2.05, 4.69) is 5.32 Å². The van der Waals surface area contributed by atoms with Crippen LogP contribution in [-0.4, -0.2) is 57.1 Å². The summed E-state index contributed by atoms with van der Waals surface area (Å²) in [5.74, 6) is -0.0368. The van der Waals surface area contributed by atoms with Crippen molar-refractivity contribution >= 4 is 39.1 Å². The van der Waals surface area contributed by atoms with Crippen LogP contribution in [-0.2, 0) is 26.2 Å². The first-order valence-corrected chi connectivity index (χ1v) is 14.0. The molecule has 0 aliphatic heterocycles. The van der Waals surface area contributed by atoms with E-state index in [0.717, 1.165) is 17.4 Å². The van der Waals surface area contributed by atoms with Gasteiger partial charge in [0.2, 0.25) is 21.8 Å². The summed E-state index contributed by atoms with van der Waals surface area (Å²) in [6, 6.07) is 11.8. The van der Waals surface area contributed by atoms with E-state index in [-0.39, 0.29) is 48.8 Å². The molecule has 2 aromatic carbocycles. The minimum absolute atomic E-state index is 0.0597. The van der Waals surface area contributed by atoms with Gasteiger partial charge in [-0.1, -0.05) is 41.4 Å². The summed E-state index contributed by atoms with van der Waals surface area (Å²) >= 11 is 6.19. The smallest absolute Gasteiger partial charge is 0.242 e. The van der Waals surface area contributed by atoms with Gasteiger partial charge < -0.3 is 15.0 Å². The van der Waals surface area contributed by atoms with Crippen molar-refractivity contribution in [3.63, 3.8) is 0 Å². The molecule has 1 atom stereocenters. The molecule has 10 heteroatoms. The van der Waals surface area contributed by atoms with Crippen molar-refractivity contribution in [2.45, 2.75) is 59.2 Å². The number of ether oxygens (including phenoxy) is 1. The second kappa shape index (κ2) is 13.0. The predicted molar refractivity (Wildman–Crippen MR) is 144 cm³/mol. The SMILES string of the molecule is COc1ccc(N(CCCC(=O)N(Cc2cccc(C)c2)[C@H](C)C(=O)NC(C)C)S(C)(=O)=O)cc1Cl. The summed E-state index contributed by atoms with van der Waals surface area (Å²) in [6.45, 7) is 7.75. The summed E-state index contributed by atoms with van der Waals surface area (Å²) in [5.41, 5.74) is 2.36. The van der Waals surface area contributed by atoms with Crippen LogP contribution in [0, 0.1) is 6.92 Å². The first kappa shape index (κ1) is 29.5. The van der Waals surface area contributed by atoms with E-state index in [1.54, 1.807) is 24.0 Å². The largest absolute Gasteiger partial charge is 0.495 e. The number of sulfonamides is 1. The third-order valence-electron chi connectivity index (χ3n) is 5.61. The number of carbonyl (C=O) groups excluding carboxylic acids is 2. The highest BCUT2D eigenvalue weighted by Crippen LogP contribution is 2.30. The van der Waals surface area contributed by atoms with Crippen molar-refractivity contribution in [2.24, 2.45) is 0 Å². The standard InChI is InChI=1S/C26H36ClN3O5S/c1-18(2)28-26(32)20(4)29(17-21-10-7-9-19(3)15-21)25(31)11-8-14-30(36(6,33)34)22-12-13-24(35-5)23(27)16-22/h7,9-10,12-13,15-16,18,20H,8,11,14,17H2,1-6H3,(H,28,32)/t20-/m1/s1. The number of anilines is 1. The maximum absolute atomic E-state index is 13.3. The Balaban J connectivity index is 2.19. The maximum Gasteiger partial charge on any atom is 0.242 e. The average Bonchev–Trinajstić information content (AvgIpc) is 2.78. The molecule has 36 heavy (non-hydrogen) atoms. The second-order valence-corrected chi connectivity index (χ2v) is 11.4. The lowest BCUT2D eigenvalue weighted by molar-refractivity contribution is -0.140. The van der Waals surface area contributed by atoms with Crippen LogP contribution in [0.3, 0.4) is 0 Å². The number of hydrogen-bond acceptors (Lipinski definition) is 5. The number of nitrogens with zero attached hydrogens (tertiary/aromatic N) is 2. The zero-order chi connectivity index (χ0) is 27.0. The summed E-state index contributed by atoms with van der Waals surface area (Å²) in [6.07, 6.45) is 1.44. The molecular formula is C26H36ClN3O5S. The molecule has 2 amide bonds. The van der Waals surface area contributed by atoms with Gasteiger partial charge in [-0.25, -0.2) is 8.42 Å². The van der Waals surface area contributed by atoms with Crippen LogP contribution < -0.4 is 14.4 Å². The highest BCUT2D eigenvalue weighted by molar-refractivity contribution is 7.92. The Bertz CT molecular complexity index is 1170. The van der Waals surface area contributed by atoms with Crippen molar-refractivity contribution in [3.8, 4) is 5.75 Å². The Morgan fingerprint density at radius 3 is 2.36 bits per heavy atom. The number of carbonyl (C=O) groups is 2. The normalized spacial score (nSPS) is 12.2. The van der Waals surface area contributed by atoms with Crippen molar-refractivity contribution in [1.82, 2.24) is 10.2 Å². The fourth-order valence-corrected chi connectivity index (χ4v) is 5.02. The predicted octanol–water partition coefficient (Wildman–Crippen LogP) is 4.15. The van der Waals surface area contributed by atoms with Gasteiger partial charge in [-0.05, 0) is 57.9 Å². The van der Waals surface area contributed by atoms with Crippen LogP contribution in [0.2, 0.25) is 5.02 Å². The molecule has 0 radical (unpaired) electrons. The minimum Gasteiger partial charge on any atom is -0.495 e. The van der Waals surface area contributed by atoms with Crippen LogP contribution in [0.1, 0.15) is 44.7 Å². The number of amides is 2. The van der Waals surface area contributed by atoms with Crippen LogP contribution in [0.25, 0.3) is 0 Å². The van der Waals surface area contributed by atoms with Gasteiger partial charge in [-0.3, -0.25) is 13.9 Å². The quantitative estimate of drug-likeness (QED) is 0.439. The Morgan fingerprint density at radius 1 is 1.11 bits per heavy atom. The Morgan fingerprint density at radius 2 is 1.81 bits per heavy atom. The first-order valence-electron chi connectivity index (χ1n) is 11.8. The van der Waals surface area contributed by atoms with E-state index >= 15 is 0 Å². The van der Waals surface area contributed by atoms with Gasteiger partial charge in [0.25, 0.3) is 0 Å². The monoisotopic (exact) mass is 537 g/mol. The second-order valence-electron chi connectivity index (χ2n) is 9.11. The molecule has 0 saturated carbocycles. The third-order valence-corrected chi connectivity index (χ3v) is 7.10. The fraction of sp³-hybridized carbons (Fsp3) is 0.462. The first-order chi connectivity index (χ1) is 16.8. The Kier molecular flexibility index (Phi) is 10.6. The van der Waals surface area contributed by atoms with Crippen LogP contribution in [0.5, 0.6) is 5.75 Å². The van der Waals surface area contributed by atoms with E-state index in [9.17, 15) is 18.0 Å².